The summed E-state index contributed by atoms with van der Waals surface area (Å²) < 4.78 is 29.5. The molecule has 0 saturated carbocycles. The van der Waals surface area contributed by atoms with Gasteiger partial charge in [0.25, 0.3) is 0 Å². The summed E-state index contributed by atoms with van der Waals surface area (Å²) in [4.78, 5) is 11.1. The number of halogens is 1. The molecule has 2 rings (SSSR count). The van der Waals surface area contributed by atoms with Crippen molar-refractivity contribution in [1.82, 2.24) is 15.2 Å². The van der Waals surface area contributed by atoms with Crippen molar-refractivity contribution in [2.75, 3.05) is 32.0 Å². The van der Waals surface area contributed by atoms with Crippen molar-refractivity contribution >= 4 is 39.8 Å². The first kappa shape index (κ1) is 24.9. The van der Waals surface area contributed by atoms with E-state index in [1.807, 2.05) is 24.0 Å². The van der Waals surface area contributed by atoms with E-state index >= 15 is 0 Å². The number of guanidine groups is 1. The van der Waals surface area contributed by atoms with Gasteiger partial charge in [-0.15, -0.1) is 24.0 Å². The van der Waals surface area contributed by atoms with Crippen LogP contribution in [-0.2, 0) is 16.4 Å². The van der Waals surface area contributed by atoms with Crippen LogP contribution in [0.5, 0.6) is 5.88 Å². The molecular formula is C19H33IN4O3S. The minimum atomic E-state index is -3.08. The quantitative estimate of drug-likeness (QED) is 0.256. The van der Waals surface area contributed by atoms with E-state index < -0.39 is 14.6 Å². The van der Waals surface area contributed by atoms with Crippen molar-refractivity contribution in [2.24, 2.45) is 4.99 Å². The molecule has 2 heterocycles. The SMILES string of the molecule is CCCCOc1ncccc1CN=C(NCC)N1CCS(=O)(=O)C(C)(C)C1.I. The van der Waals surface area contributed by atoms with Crippen LogP contribution in [-0.4, -0.2) is 61.0 Å². The molecule has 0 amide bonds. The van der Waals surface area contributed by atoms with Gasteiger partial charge in [-0.3, -0.25) is 0 Å². The lowest BCUT2D eigenvalue weighted by Crippen LogP contribution is -2.57. The van der Waals surface area contributed by atoms with Crippen LogP contribution in [0.3, 0.4) is 0 Å². The summed E-state index contributed by atoms with van der Waals surface area (Å²) in [5, 5.41) is 3.28. The van der Waals surface area contributed by atoms with Gasteiger partial charge in [0.05, 0.1) is 23.7 Å². The van der Waals surface area contributed by atoms with E-state index in [-0.39, 0.29) is 29.7 Å². The molecule has 1 N–H and O–H groups in total. The van der Waals surface area contributed by atoms with Crippen molar-refractivity contribution in [2.45, 2.75) is 51.8 Å². The van der Waals surface area contributed by atoms with Crippen molar-refractivity contribution in [3.05, 3.63) is 23.9 Å². The first-order chi connectivity index (χ1) is 12.8. The maximum Gasteiger partial charge on any atom is 0.218 e. The summed E-state index contributed by atoms with van der Waals surface area (Å²) >= 11 is 0. The Hall–Kier alpha value is -1.10. The summed E-state index contributed by atoms with van der Waals surface area (Å²) in [5.41, 5.74) is 0.924. The Morgan fingerprint density at radius 1 is 1.39 bits per heavy atom. The van der Waals surface area contributed by atoms with Crippen LogP contribution in [0.2, 0.25) is 0 Å². The highest BCUT2D eigenvalue weighted by molar-refractivity contribution is 14.0. The van der Waals surface area contributed by atoms with E-state index in [0.29, 0.717) is 32.1 Å². The Kier molecular flexibility index (Phi) is 9.96. The van der Waals surface area contributed by atoms with Crippen LogP contribution in [0.15, 0.2) is 23.3 Å². The summed E-state index contributed by atoms with van der Waals surface area (Å²) in [6.45, 7) is 10.3. The lowest BCUT2D eigenvalue weighted by Gasteiger charge is -2.39. The van der Waals surface area contributed by atoms with Crippen LogP contribution in [0.4, 0.5) is 0 Å². The molecule has 0 bridgehead atoms. The third-order valence-electron chi connectivity index (χ3n) is 4.66. The largest absolute Gasteiger partial charge is 0.477 e. The number of aromatic nitrogens is 1. The van der Waals surface area contributed by atoms with E-state index in [1.165, 1.54) is 0 Å². The van der Waals surface area contributed by atoms with Gasteiger partial charge in [0.15, 0.2) is 15.8 Å². The van der Waals surface area contributed by atoms with E-state index in [2.05, 4.69) is 17.2 Å². The first-order valence-corrected chi connectivity index (χ1v) is 11.3. The number of nitrogens with zero attached hydrogens (tertiary/aromatic N) is 3. The Morgan fingerprint density at radius 3 is 2.79 bits per heavy atom. The van der Waals surface area contributed by atoms with E-state index in [9.17, 15) is 8.42 Å². The zero-order valence-electron chi connectivity index (χ0n) is 17.3. The van der Waals surface area contributed by atoms with Crippen molar-refractivity contribution in [1.29, 1.82) is 0 Å². The van der Waals surface area contributed by atoms with E-state index in [0.717, 1.165) is 30.9 Å². The first-order valence-electron chi connectivity index (χ1n) is 9.63. The number of sulfone groups is 1. The molecule has 9 heteroatoms. The summed E-state index contributed by atoms with van der Waals surface area (Å²) in [5.74, 6) is 1.49. The molecule has 1 aliphatic rings. The van der Waals surface area contributed by atoms with Gasteiger partial charge in [0.2, 0.25) is 5.88 Å². The fraction of sp³-hybridized carbons (Fsp3) is 0.684. The maximum absolute atomic E-state index is 12.3. The minimum Gasteiger partial charge on any atom is -0.477 e. The monoisotopic (exact) mass is 524 g/mol. The molecule has 0 aromatic carbocycles. The Bertz CT molecular complexity index is 753. The minimum absolute atomic E-state index is 0. The molecule has 1 aliphatic heterocycles. The molecule has 7 nitrogen and oxygen atoms in total. The molecule has 0 unspecified atom stereocenters. The molecule has 0 spiro atoms. The van der Waals surface area contributed by atoms with Crippen LogP contribution >= 0.6 is 24.0 Å². The molecule has 0 atom stereocenters. The topological polar surface area (TPSA) is 83.9 Å². The fourth-order valence-corrected chi connectivity index (χ4v) is 4.26. The second-order valence-electron chi connectivity index (χ2n) is 7.34. The molecule has 160 valence electrons. The third kappa shape index (κ3) is 6.47. The lowest BCUT2D eigenvalue weighted by atomic mass is 10.2. The van der Waals surface area contributed by atoms with Crippen LogP contribution in [0.25, 0.3) is 0 Å². The van der Waals surface area contributed by atoms with Crippen molar-refractivity contribution in [3.63, 3.8) is 0 Å². The van der Waals surface area contributed by atoms with E-state index in [1.54, 1.807) is 20.0 Å². The number of pyridine rings is 1. The zero-order chi connectivity index (χ0) is 19.9. The second-order valence-corrected chi connectivity index (χ2v) is 10.1. The average Bonchev–Trinajstić information content (AvgIpc) is 2.62. The van der Waals surface area contributed by atoms with Gasteiger partial charge in [0.1, 0.15) is 0 Å². The van der Waals surface area contributed by atoms with Gasteiger partial charge < -0.3 is 15.0 Å². The predicted molar refractivity (Wildman–Crippen MR) is 124 cm³/mol. The highest BCUT2D eigenvalue weighted by Crippen LogP contribution is 2.24. The van der Waals surface area contributed by atoms with Crippen LogP contribution < -0.4 is 10.1 Å². The molecule has 0 radical (unpaired) electrons. The lowest BCUT2D eigenvalue weighted by molar-refractivity contribution is 0.294. The highest BCUT2D eigenvalue weighted by Gasteiger charge is 2.40. The van der Waals surface area contributed by atoms with Gasteiger partial charge >= 0.3 is 0 Å². The molecule has 1 aromatic heterocycles. The molecule has 0 aliphatic carbocycles. The third-order valence-corrected chi connectivity index (χ3v) is 7.20. The number of rotatable bonds is 7. The molecule has 1 fully saturated rings. The van der Waals surface area contributed by atoms with Crippen LogP contribution in [0, 0.1) is 0 Å². The molecule has 1 saturated heterocycles. The summed E-state index contributed by atoms with van der Waals surface area (Å²) in [6, 6.07) is 3.84. The predicted octanol–water partition coefficient (Wildman–Crippen LogP) is 2.85. The summed E-state index contributed by atoms with van der Waals surface area (Å²) in [6.07, 6.45) is 3.77. The average molecular weight is 524 g/mol. The Morgan fingerprint density at radius 2 is 2.14 bits per heavy atom. The van der Waals surface area contributed by atoms with Gasteiger partial charge in [-0.25, -0.2) is 18.4 Å². The fourth-order valence-electron chi connectivity index (χ4n) is 2.90. The normalized spacial score (nSPS) is 18.3. The van der Waals surface area contributed by atoms with Gasteiger partial charge in [-0.1, -0.05) is 19.4 Å². The number of unbranched alkanes of at least 4 members (excludes halogenated alkanes) is 1. The Labute approximate surface area is 186 Å². The smallest absolute Gasteiger partial charge is 0.218 e. The van der Waals surface area contributed by atoms with Gasteiger partial charge in [0, 0.05) is 31.4 Å². The van der Waals surface area contributed by atoms with E-state index in [4.69, 9.17) is 9.73 Å². The number of nitrogens with one attached hydrogen (secondary N) is 1. The van der Waals surface area contributed by atoms with Gasteiger partial charge in [-0.2, -0.15) is 0 Å². The highest BCUT2D eigenvalue weighted by atomic mass is 127. The molecule has 1 aromatic rings. The van der Waals surface area contributed by atoms with Crippen molar-refractivity contribution in [3.8, 4) is 5.88 Å². The Balaban J connectivity index is 0.00000392. The maximum atomic E-state index is 12.3. The summed E-state index contributed by atoms with van der Waals surface area (Å²) in [7, 11) is -3.08. The van der Waals surface area contributed by atoms with Gasteiger partial charge in [-0.05, 0) is 33.3 Å². The number of aliphatic imine (C=N–C) groups is 1. The number of ether oxygens (including phenoxy) is 1. The number of hydrogen-bond donors (Lipinski definition) is 1. The zero-order valence-corrected chi connectivity index (χ0v) is 20.4. The molecular weight excluding hydrogens is 491 g/mol. The molecule has 28 heavy (non-hydrogen) atoms. The standard InChI is InChI=1S/C19H32N4O3S.HI/c1-5-7-12-26-17-16(9-8-10-21-17)14-22-18(20-6-2)23-11-13-27(24,25)19(3,4)15-23;/h8-10H,5-7,11-15H2,1-4H3,(H,20,22);1H. The number of hydrogen-bond acceptors (Lipinski definition) is 5. The second kappa shape index (κ2) is 11.2. The van der Waals surface area contributed by atoms with Crippen molar-refractivity contribution < 1.29 is 13.2 Å². The van der Waals surface area contributed by atoms with Crippen LogP contribution in [0.1, 0.15) is 46.1 Å².